The Hall–Kier alpha value is -0.690. The molecule has 1 saturated heterocycles. The van der Waals surface area contributed by atoms with Crippen LogP contribution in [0.5, 0.6) is 0 Å². The summed E-state index contributed by atoms with van der Waals surface area (Å²) in [7, 11) is 2.15. The standard InChI is InChI=1S/C15H16BrN3S2/c1-19-7-8-21-9-11(19)14-17-13(12(16)15(20)18-14)10-5-3-2-4-6-10/h2-6,11H,7-9H2,1H3,(H,17,18,20). The van der Waals surface area contributed by atoms with E-state index in [0.29, 0.717) is 10.7 Å². The summed E-state index contributed by atoms with van der Waals surface area (Å²) in [5.41, 5.74) is 2.12. The van der Waals surface area contributed by atoms with E-state index in [1.165, 1.54) is 5.75 Å². The van der Waals surface area contributed by atoms with Gasteiger partial charge in [-0.1, -0.05) is 42.5 Å². The van der Waals surface area contributed by atoms with E-state index >= 15 is 0 Å². The molecule has 1 unspecified atom stereocenters. The molecule has 110 valence electrons. The van der Waals surface area contributed by atoms with Crippen LogP contribution < -0.4 is 0 Å². The topological polar surface area (TPSA) is 31.9 Å². The Morgan fingerprint density at radius 1 is 1.38 bits per heavy atom. The van der Waals surface area contributed by atoms with E-state index < -0.39 is 0 Å². The van der Waals surface area contributed by atoms with Gasteiger partial charge in [0, 0.05) is 18.1 Å². The van der Waals surface area contributed by atoms with Crippen molar-refractivity contribution >= 4 is 39.9 Å². The fourth-order valence-corrected chi connectivity index (χ4v) is 4.25. The largest absolute Gasteiger partial charge is 0.341 e. The summed E-state index contributed by atoms with van der Waals surface area (Å²) in [4.78, 5) is 10.4. The molecule has 0 aliphatic carbocycles. The van der Waals surface area contributed by atoms with E-state index in [1.807, 2.05) is 30.0 Å². The minimum absolute atomic E-state index is 0.293. The van der Waals surface area contributed by atoms with E-state index in [4.69, 9.17) is 12.2 Å². The molecule has 1 atom stereocenters. The Labute approximate surface area is 142 Å². The van der Waals surface area contributed by atoms with Crippen molar-refractivity contribution in [3.05, 3.63) is 45.3 Å². The summed E-state index contributed by atoms with van der Waals surface area (Å²) >= 11 is 11.0. The number of nitrogens with one attached hydrogen (secondary N) is 1. The van der Waals surface area contributed by atoms with Gasteiger partial charge in [0.25, 0.3) is 0 Å². The molecule has 1 aromatic carbocycles. The van der Waals surface area contributed by atoms with Crippen molar-refractivity contribution in [1.29, 1.82) is 0 Å². The van der Waals surface area contributed by atoms with Gasteiger partial charge in [0.2, 0.25) is 0 Å². The van der Waals surface area contributed by atoms with Crippen LogP contribution in [-0.4, -0.2) is 40.0 Å². The predicted molar refractivity (Wildman–Crippen MR) is 95.3 cm³/mol. The molecular weight excluding hydrogens is 366 g/mol. The molecular formula is C15H16BrN3S2. The van der Waals surface area contributed by atoms with Gasteiger partial charge in [0.05, 0.1) is 16.2 Å². The number of aromatic nitrogens is 2. The van der Waals surface area contributed by atoms with Crippen LogP contribution >= 0.6 is 39.9 Å². The molecule has 0 amide bonds. The number of aromatic amines is 1. The summed E-state index contributed by atoms with van der Waals surface area (Å²) in [6.07, 6.45) is 0. The van der Waals surface area contributed by atoms with Gasteiger partial charge in [0.15, 0.2) is 0 Å². The van der Waals surface area contributed by atoms with Crippen LogP contribution in [-0.2, 0) is 0 Å². The van der Waals surface area contributed by atoms with Gasteiger partial charge in [-0.15, -0.1) is 0 Å². The smallest absolute Gasteiger partial charge is 0.144 e. The third kappa shape index (κ3) is 3.23. The van der Waals surface area contributed by atoms with Gasteiger partial charge < -0.3 is 4.98 Å². The zero-order chi connectivity index (χ0) is 14.8. The van der Waals surface area contributed by atoms with Crippen molar-refractivity contribution in [3.8, 4) is 11.3 Å². The minimum atomic E-state index is 0.293. The fourth-order valence-electron chi connectivity index (χ4n) is 2.41. The monoisotopic (exact) mass is 381 g/mol. The zero-order valence-corrected chi connectivity index (χ0v) is 14.9. The van der Waals surface area contributed by atoms with E-state index in [1.54, 1.807) is 0 Å². The van der Waals surface area contributed by atoms with Gasteiger partial charge in [-0.05, 0) is 28.5 Å². The van der Waals surface area contributed by atoms with Crippen LogP contribution in [0, 0.1) is 4.64 Å². The first-order valence-electron chi connectivity index (χ1n) is 6.80. The normalized spacial score (nSPS) is 19.6. The van der Waals surface area contributed by atoms with E-state index in [-0.39, 0.29) is 0 Å². The highest BCUT2D eigenvalue weighted by molar-refractivity contribution is 9.10. The van der Waals surface area contributed by atoms with Crippen LogP contribution in [0.25, 0.3) is 11.3 Å². The molecule has 0 spiro atoms. The van der Waals surface area contributed by atoms with Crippen molar-refractivity contribution in [2.24, 2.45) is 0 Å². The molecule has 1 aliphatic heterocycles. The van der Waals surface area contributed by atoms with E-state index in [2.05, 4.69) is 50.0 Å². The Morgan fingerprint density at radius 3 is 2.86 bits per heavy atom. The first kappa shape index (κ1) is 15.2. The van der Waals surface area contributed by atoms with Crippen molar-refractivity contribution in [2.45, 2.75) is 6.04 Å². The molecule has 3 nitrogen and oxygen atoms in total. The maximum atomic E-state index is 5.43. The maximum absolute atomic E-state index is 5.43. The van der Waals surface area contributed by atoms with Gasteiger partial charge in [-0.2, -0.15) is 11.8 Å². The number of benzene rings is 1. The van der Waals surface area contributed by atoms with Crippen LogP contribution in [0.2, 0.25) is 0 Å². The summed E-state index contributed by atoms with van der Waals surface area (Å²) in [6, 6.07) is 10.5. The van der Waals surface area contributed by atoms with E-state index in [0.717, 1.165) is 33.9 Å². The Kier molecular flexibility index (Phi) is 4.78. The van der Waals surface area contributed by atoms with Crippen molar-refractivity contribution in [1.82, 2.24) is 14.9 Å². The lowest BCUT2D eigenvalue weighted by Gasteiger charge is -2.31. The highest BCUT2D eigenvalue weighted by atomic mass is 79.9. The molecule has 6 heteroatoms. The molecule has 2 heterocycles. The predicted octanol–water partition coefficient (Wildman–Crippen LogP) is 4.29. The third-order valence-corrected chi connectivity index (χ3v) is 6.01. The van der Waals surface area contributed by atoms with Gasteiger partial charge in [0.1, 0.15) is 10.5 Å². The highest BCUT2D eigenvalue weighted by Gasteiger charge is 2.24. The number of hydrogen-bond acceptors (Lipinski definition) is 4. The first-order valence-corrected chi connectivity index (χ1v) is 9.15. The molecule has 1 fully saturated rings. The number of halogens is 1. The van der Waals surface area contributed by atoms with Crippen LogP contribution in [0.1, 0.15) is 11.9 Å². The van der Waals surface area contributed by atoms with E-state index in [9.17, 15) is 0 Å². The first-order chi connectivity index (χ1) is 10.2. The van der Waals surface area contributed by atoms with Crippen molar-refractivity contribution < 1.29 is 0 Å². The van der Waals surface area contributed by atoms with Crippen molar-refractivity contribution in [2.75, 3.05) is 25.1 Å². The Morgan fingerprint density at radius 2 is 2.14 bits per heavy atom. The number of hydrogen-bond donors (Lipinski definition) is 1. The minimum Gasteiger partial charge on any atom is -0.341 e. The number of rotatable bonds is 2. The van der Waals surface area contributed by atoms with Crippen molar-refractivity contribution in [3.63, 3.8) is 0 Å². The van der Waals surface area contributed by atoms with Crippen LogP contribution in [0.15, 0.2) is 34.8 Å². The SMILES string of the molecule is CN1CCSCC1c1nc(=S)c(Br)c(-c2ccccc2)[nH]1. The molecule has 3 rings (SSSR count). The lowest BCUT2D eigenvalue weighted by atomic mass is 10.1. The fraction of sp³-hybridized carbons (Fsp3) is 0.333. The van der Waals surface area contributed by atoms with Crippen LogP contribution in [0.4, 0.5) is 0 Å². The molecule has 2 aromatic rings. The second-order valence-electron chi connectivity index (χ2n) is 5.05. The quantitative estimate of drug-likeness (QED) is 0.786. The van der Waals surface area contributed by atoms with Gasteiger partial charge >= 0.3 is 0 Å². The summed E-state index contributed by atoms with van der Waals surface area (Å²) in [5.74, 6) is 3.18. The second-order valence-corrected chi connectivity index (χ2v) is 7.38. The Balaban J connectivity index is 2.08. The lowest BCUT2D eigenvalue weighted by Crippen LogP contribution is -2.34. The van der Waals surface area contributed by atoms with Gasteiger partial charge in [-0.3, -0.25) is 4.90 Å². The average molecular weight is 382 g/mol. The molecule has 0 saturated carbocycles. The second kappa shape index (κ2) is 6.60. The average Bonchev–Trinajstić information content (AvgIpc) is 2.51. The molecule has 0 radical (unpaired) electrons. The molecule has 21 heavy (non-hydrogen) atoms. The summed E-state index contributed by atoms with van der Waals surface area (Å²) < 4.78 is 1.48. The summed E-state index contributed by atoms with van der Waals surface area (Å²) in [5, 5.41) is 0. The number of nitrogens with zero attached hydrogens (tertiary/aromatic N) is 2. The lowest BCUT2D eigenvalue weighted by molar-refractivity contribution is 0.264. The van der Waals surface area contributed by atoms with Crippen LogP contribution in [0.3, 0.4) is 0 Å². The van der Waals surface area contributed by atoms with Gasteiger partial charge in [-0.25, -0.2) is 4.98 Å². The number of H-pyrrole nitrogens is 1. The Bertz CT molecular complexity index is 687. The zero-order valence-electron chi connectivity index (χ0n) is 11.7. The molecule has 0 bridgehead atoms. The summed E-state index contributed by atoms with van der Waals surface area (Å²) in [6.45, 7) is 1.08. The maximum Gasteiger partial charge on any atom is 0.144 e. The molecule has 1 aromatic heterocycles. The highest BCUT2D eigenvalue weighted by Crippen LogP contribution is 2.31. The molecule has 1 N–H and O–H groups in total. The third-order valence-electron chi connectivity index (χ3n) is 3.66. The molecule has 1 aliphatic rings. The number of thioether (sulfide) groups is 1.